The molecule has 2 rings (SSSR count). The summed E-state index contributed by atoms with van der Waals surface area (Å²) in [6.45, 7) is 0.761. The number of carbonyl (C=O) groups is 3. The van der Waals surface area contributed by atoms with Gasteiger partial charge >= 0.3 is 5.97 Å². The lowest BCUT2D eigenvalue weighted by Crippen LogP contribution is -2.31. The second-order valence-electron chi connectivity index (χ2n) is 4.61. The summed E-state index contributed by atoms with van der Waals surface area (Å²) < 4.78 is 4.60. The highest BCUT2D eigenvalue weighted by molar-refractivity contribution is 5.90. The highest BCUT2D eigenvalue weighted by atomic mass is 16.5. The Morgan fingerprint density at radius 3 is 2.60 bits per heavy atom. The molecule has 0 aliphatic carbocycles. The van der Waals surface area contributed by atoms with Crippen LogP contribution in [-0.2, 0) is 20.9 Å². The quantitative estimate of drug-likeness (QED) is 0.771. The Balaban J connectivity index is 1.86. The lowest BCUT2D eigenvalue weighted by Gasteiger charge is -2.09. The fraction of sp³-hybridized carbons (Fsp3) is 0.357. The Morgan fingerprint density at radius 2 is 2.05 bits per heavy atom. The molecular weight excluding hydrogens is 260 g/mol. The van der Waals surface area contributed by atoms with Gasteiger partial charge in [0.2, 0.25) is 11.8 Å². The first-order valence-corrected chi connectivity index (χ1v) is 6.32. The molecule has 106 valence electrons. The minimum absolute atomic E-state index is 0.0902. The van der Waals surface area contributed by atoms with Gasteiger partial charge in [-0.3, -0.25) is 9.59 Å². The zero-order valence-corrected chi connectivity index (χ0v) is 11.1. The number of methoxy groups -OCH3 is 1. The Bertz CT molecular complexity index is 524. The van der Waals surface area contributed by atoms with Crippen LogP contribution in [0.4, 0.5) is 0 Å². The molecule has 1 atom stereocenters. The van der Waals surface area contributed by atoms with Crippen molar-refractivity contribution in [3.8, 4) is 0 Å². The third kappa shape index (κ3) is 3.34. The van der Waals surface area contributed by atoms with Gasteiger partial charge in [-0.1, -0.05) is 12.1 Å². The van der Waals surface area contributed by atoms with Crippen molar-refractivity contribution in [2.75, 3.05) is 13.7 Å². The fourth-order valence-electron chi connectivity index (χ4n) is 2.00. The van der Waals surface area contributed by atoms with E-state index in [2.05, 4.69) is 15.4 Å². The predicted molar refractivity (Wildman–Crippen MR) is 70.7 cm³/mol. The molecule has 2 N–H and O–H groups in total. The van der Waals surface area contributed by atoms with Gasteiger partial charge in [0.1, 0.15) is 0 Å². The van der Waals surface area contributed by atoms with E-state index < -0.39 is 5.97 Å². The summed E-state index contributed by atoms with van der Waals surface area (Å²) in [6.07, 6.45) is 0.243. The van der Waals surface area contributed by atoms with Crippen molar-refractivity contribution in [3.63, 3.8) is 0 Å². The minimum atomic E-state index is -0.392. The number of amides is 2. The topological polar surface area (TPSA) is 84.5 Å². The van der Waals surface area contributed by atoms with Gasteiger partial charge in [0.25, 0.3) is 0 Å². The van der Waals surface area contributed by atoms with Crippen LogP contribution in [0.3, 0.4) is 0 Å². The molecule has 1 unspecified atom stereocenters. The van der Waals surface area contributed by atoms with Crippen molar-refractivity contribution >= 4 is 17.8 Å². The van der Waals surface area contributed by atoms with Crippen molar-refractivity contribution in [2.45, 2.75) is 13.0 Å². The Kier molecular flexibility index (Phi) is 4.34. The van der Waals surface area contributed by atoms with Gasteiger partial charge < -0.3 is 15.4 Å². The monoisotopic (exact) mass is 276 g/mol. The maximum Gasteiger partial charge on any atom is 0.337 e. The van der Waals surface area contributed by atoms with E-state index in [1.165, 1.54) is 7.11 Å². The van der Waals surface area contributed by atoms with Gasteiger partial charge in [0.15, 0.2) is 0 Å². The highest BCUT2D eigenvalue weighted by Crippen LogP contribution is 2.10. The zero-order chi connectivity index (χ0) is 14.5. The highest BCUT2D eigenvalue weighted by Gasteiger charge is 2.27. The van der Waals surface area contributed by atoms with E-state index in [4.69, 9.17) is 0 Å². The van der Waals surface area contributed by atoms with Gasteiger partial charge in [0, 0.05) is 19.5 Å². The maximum absolute atomic E-state index is 11.8. The molecule has 1 fully saturated rings. The van der Waals surface area contributed by atoms with Crippen LogP contribution in [0.25, 0.3) is 0 Å². The van der Waals surface area contributed by atoms with Gasteiger partial charge in [-0.2, -0.15) is 0 Å². The lowest BCUT2D eigenvalue weighted by atomic mass is 10.1. The minimum Gasteiger partial charge on any atom is -0.465 e. The van der Waals surface area contributed by atoms with E-state index in [1.54, 1.807) is 24.3 Å². The largest absolute Gasteiger partial charge is 0.465 e. The van der Waals surface area contributed by atoms with Crippen LogP contribution in [-0.4, -0.2) is 31.4 Å². The number of ether oxygens (including phenoxy) is 1. The Hall–Kier alpha value is -2.37. The summed E-state index contributed by atoms with van der Waals surface area (Å²) in [5.41, 5.74) is 1.34. The van der Waals surface area contributed by atoms with Gasteiger partial charge in [-0.25, -0.2) is 4.79 Å². The predicted octanol–water partition coefficient (Wildman–Crippen LogP) is 0.225. The molecule has 1 saturated heterocycles. The number of carbonyl (C=O) groups excluding carboxylic acids is 3. The molecule has 0 bridgehead atoms. The molecule has 1 aliphatic heterocycles. The molecule has 1 aromatic rings. The number of rotatable bonds is 4. The van der Waals surface area contributed by atoms with E-state index in [-0.39, 0.29) is 24.2 Å². The lowest BCUT2D eigenvalue weighted by molar-refractivity contribution is -0.126. The molecule has 20 heavy (non-hydrogen) atoms. The molecule has 1 aliphatic rings. The third-order valence-corrected chi connectivity index (χ3v) is 3.19. The number of esters is 1. The second-order valence-corrected chi connectivity index (χ2v) is 4.61. The van der Waals surface area contributed by atoms with Crippen molar-refractivity contribution in [3.05, 3.63) is 35.4 Å². The summed E-state index contributed by atoms with van der Waals surface area (Å²) >= 11 is 0. The molecule has 0 aromatic heterocycles. The molecular formula is C14H16N2O4. The van der Waals surface area contributed by atoms with Crippen LogP contribution in [0.15, 0.2) is 24.3 Å². The molecule has 0 spiro atoms. The number of benzene rings is 1. The number of hydrogen-bond acceptors (Lipinski definition) is 4. The van der Waals surface area contributed by atoms with Crippen LogP contribution >= 0.6 is 0 Å². The molecule has 6 heteroatoms. The summed E-state index contributed by atoms with van der Waals surface area (Å²) in [5, 5.41) is 5.40. The van der Waals surface area contributed by atoms with Crippen LogP contribution in [0, 0.1) is 5.92 Å². The van der Waals surface area contributed by atoms with Crippen LogP contribution < -0.4 is 10.6 Å². The number of nitrogens with one attached hydrogen (secondary N) is 2. The van der Waals surface area contributed by atoms with E-state index in [0.29, 0.717) is 18.7 Å². The average Bonchev–Trinajstić information content (AvgIpc) is 2.91. The third-order valence-electron chi connectivity index (χ3n) is 3.19. The summed E-state index contributed by atoms with van der Waals surface area (Å²) in [7, 11) is 1.33. The van der Waals surface area contributed by atoms with E-state index in [0.717, 1.165) is 5.56 Å². The summed E-state index contributed by atoms with van der Waals surface area (Å²) in [6, 6.07) is 6.80. The van der Waals surface area contributed by atoms with E-state index >= 15 is 0 Å². The standard InChI is InChI=1S/C14H16N2O4/c1-20-14(19)10-4-2-9(3-5-10)7-16-13(18)11-6-12(17)15-8-11/h2-5,11H,6-8H2,1H3,(H,15,17)(H,16,18). The molecule has 6 nitrogen and oxygen atoms in total. The molecule has 1 aromatic carbocycles. The SMILES string of the molecule is COC(=O)c1ccc(CNC(=O)C2CNC(=O)C2)cc1. The molecule has 0 saturated carbocycles. The molecule has 2 amide bonds. The Labute approximate surface area is 116 Å². The van der Waals surface area contributed by atoms with Gasteiger partial charge in [-0.15, -0.1) is 0 Å². The second kappa shape index (κ2) is 6.18. The van der Waals surface area contributed by atoms with Crippen LogP contribution in [0.2, 0.25) is 0 Å². The maximum atomic E-state index is 11.8. The molecule has 0 radical (unpaired) electrons. The first-order chi connectivity index (χ1) is 9.60. The first kappa shape index (κ1) is 14.0. The van der Waals surface area contributed by atoms with Gasteiger partial charge in [0.05, 0.1) is 18.6 Å². The van der Waals surface area contributed by atoms with Crippen LogP contribution in [0.5, 0.6) is 0 Å². The van der Waals surface area contributed by atoms with E-state index in [9.17, 15) is 14.4 Å². The van der Waals surface area contributed by atoms with E-state index in [1.807, 2.05) is 0 Å². The van der Waals surface area contributed by atoms with Crippen molar-refractivity contribution in [2.24, 2.45) is 5.92 Å². The Morgan fingerprint density at radius 1 is 1.35 bits per heavy atom. The first-order valence-electron chi connectivity index (χ1n) is 6.32. The van der Waals surface area contributed by atoms with Crippen LogP contribution in [0.1, 0.15) is 22.3 Å². The average molecular weight is 276 g/mol. The fourth-order valence-corrected chi connectivity index (χ4v) is 2.00. The van der Waals surface area contributed by atoms with Crippen molar-refractivity contribution in [1.82, 2.24) is 10.6 Å². The molecule has 1 heterocycles. The number of hydrogen-bond donors (Lipinski definition) is 2. The van der Waals surface area contributed by atoms with Gasteiger partial charge in [-0.05, 0) is 17.7 Å². The summed E-state index contributed by atoms with van der Waals surface area (Å²) in [4.78, 5) is 34.1. The smallest absolute Gasteiger partial charge is 0.337 e. The zero-order valence-electron chi connectivity index (χ0n) is 11.1. The summed E-state index contributed by atoms with van der Waals surface area (Å²) in [5.74, 6) is -0.916. The normalized spacial score (nSPS) is 17.4. The van der Waals surface area contributed by atoms with Crippen molar-refractivity contribution in [1.29, 1.82) is 0 Å². The van der Waals surface area contributed by atoms with Crippen molar-refractivity contribution < 1.29 is 19.1 Å².